The Kier molecular flexibility index (Phi) is 4.81. The Bertz CT molecular complexity index is 408. The number of halogens is 1. The highest BCUT2D eigenvalue weighted by Crippen LogP contribution is 2.28. The molecule has 2 rings (SSSR count). The van der Waals surface area contributed by atoms with E-state index in [9.17, 15) is 4.79 Å². The van der Waals surface area contributed by atoms with E-state index in [4.69, 9.17) is 11.6 Å². The molecule has 100 valence electrons. The minimum Gasteiger partial charge on any atom is -0.292 e. The maximum atomic E-state index is 12.2. The van der Waals surface area contributed by atoms with E-state index in [1.165, 1.54) is 32.1 Å². The lowest BCUT2D eigenvalue weighted by Crippen LogP contribution is -2.13. The average molecular weight is 269 g/mol. The standard InChI is InChI=1S/C14H21ClN2O/c1-2-17-14(12(15)10-16-17)13(18)9-8-11-6-4-3-5-7-11/h10-11H,2-9H2,1H3. The van der Waals surface area contributed by atoms with Crippen LogP contribution in [0.1, 0.15) is 62.4 Å². The molecule has 1 fully saturated rings. The van der Waals surface area contributed by atoms with Crippen LogP contribution in [0.3, 0.4) is 0 Å². The highest BCUT2D eigenvalue weighted by molar-refractivity contribution is 6.33. The van der Waals surface area contributed by atoms with Gasteiger partial charge in [0, 0.05) is 13.0 Å². The van der Waals surface area contributed by atoms with Crippen LogP contribution in [0.5, 0.6) is 0 Å². The monoisotopic (exact) mass is 268 g/mol. The molecule has 4 heteroatoms. The third kappa shape index (κ3) is 3.14. The van der Waals surface area contributed by atoms with E-state index in [0.717, 1.165) is 12.3 Å². The van der Waals surface area contributed by atoms with Crippen LogP contribution in [0.2, 0.25) is 5.02 Å². The number of ketones is 1. The van der Waals surface area contributed by atoms with Gasteiger partial charge in [-0.3, -0.25) is 9.48 Å². The van der Waals surface area contributed by atoms with Gasteiger partial charge in [-0.05, 0) is 19.3 Å². The second kappa shape index (κ2) is 6.37. The van der Waals surface area contributed by atoms with Gasteiger partial charge >= 0.3 is 0 Å². The zero-order chi connectivity index (χ0) is 13.0. The van der Waals surface area contributed by atoms with Crippen molar-refractivity contribution in [2.24, 2.45) is 5.92 Å². The van der Waals surface area contributed by atoms with Crippen LogP contribution in [0.15, 0.2) is 6.20 Å². The molecule has 0 bridgehead atoms. The van der Waals surface area contributed by atoms with Crippen LogP contribution >= 0.6 is 11.6 Å². The third-order valence-electron chi connectivity index (χ3n) is 3.86. The quantitative estimate of drug-likeness (QED) is 0.754. The molecule has 0 unspecified atom stereocenters. The second-order valence-electron chi connectivity index (χ2n) is 5.12. The molecule has 1 saturated carbocycles. The molecule has 0 N–H and O–H groups in total. The Morgan fingerprint density at radius 3 is 2.83 bits per heavy atom. The van der Waals surface area contributed by atoms with Gasteiger partial charge in [0.15, 0.2) is 5.78 Å². The SMILES string of the molecule is CCn1ncc(Cl)c1C(=O)CCC1CCCCC1. The summed E-state index contributed by atoms with van der Waals surface area (Å²) in [6, 6.07) is 0. The van der Waals surface area contributed by atoms with Crippen molar-refractivity contribution in [3.05, 3.63) is 16.9 Å². The van der Waals surface area contributed by atoms with Gasteiger partial charge < -0.3 is 0 Å². The molecule has 1 aromatic heterocycles. The van der Waals surface area contributed by atoms with Gasteiger partial charge in [-0.25, -0.2) is 0 Å². The van der Waals surface area contributed by atoms with Crippen molar-refractivity contribution in [2.75, 3.05) is 0 Å². The number of hydrogen-bond donors (Lipinski definition) is 0. The molecule has 1 aliphatic carbocycles. The average Bonchev–Trinajstić information content (AvgIpc) is 2.78. The summed E-state index contributed by atoms with van der Waals surface area (Å²) in [6.07, 6.45) is 9.76. The molecule has 0 aromatic carbocycles. The van der Waals surface area contributed by atoms with Gasteiger partial charge in [0.1, 0.15) is 5.69 Å². The third-order valence-corrected chi connectivity index (χ3v) is 4.14. The number of carbonyl (C=O) groups excluding carboxylic acids is 1. The van der Waals surface area contributed by atoms with E-state index >= 15 is 0 Å². The Morgan fingerprint density at radius 1 is 1.44 bits per heavy atom. The molecule has 0 radical (unpaired) electrons. The molecule has 18 heavy (non-hydrogen) atoms. The fraction of sp³-hybridized carbons (Fsp3) is 0.714. The number of aromatic nitrogens is 2. The lowest BCUT2D eigenvalue weighted by atomic mass is 9.85. The van der Waals surface area contributed by atoms with E-state index in [1.807, 2.05) is 6.92 Å². The number of hydrogen-bond acceptors (Lipinski definition) is 2. The van der Waals surface area contributed by atoms with E-state index in [1.54, 1.807) is 10.9 Å². The predicted octanol–water partition coefficient (Wildman–Crippen LogP) is 4.10. The topological polar surface area (TPSA) is 34.9 Å². The maximum Gasteiger partial charge on any atom is 0.182 e. The second-order valence-corrected chi connectivity index (χ2v) is 5.53. The fourth-order valence-corrected chi connectivity index (χ4v) is 3.06. The Balaban J connectivity index is 1.92. The summed E-state index contributed by atoms with van der Waals surface area (Å²) in [5, 5.41) is 4.61. The lowest BCUT2D eigenvalue weighted by Gasteiger charge is -2.20. The summed E-state index contributed by atoms with van der Waals surface area (Å²) in [5.74, 6) is 0.879. The first-order chi connectivity index (χ1) is 8.72. The first kappa shape index (κ1) is 13.6. The Morgan fingerprint density at radius 2 is 2.17 bits per heavy atom. The molecule has 0 saturated heterocycles. The Labute approximate surface area is 114 Å². The molecule has 0 amide bonds. The van der Waals surface area contributed by atoms with Gasteiger partial charge in [-0.2, -0.15) is 5.10 Å². The van der Waals surface area contributed by atoms with Crippen LogP contribution in [-0.4, -0.2) is 15.6 Å². The largest absolute Gasteiger partial charge is 0.292 e. The van der Waals surface area contributed by atoms with Crippen LogP contribution in [0, 0.1) is 5.92 Å². The van der Waals surface area contributed by atoms with Crippen LogP contribution in [0.4, 0.5) is 0 Å². The molecule has 3 nitrogen and oxygen atoms in total. The highest BCUT2D eigenvalue weighted by Gasteiger charge is 2.19. The maximum absolute atomic E-state index is 12.2. The van der Waals surface area contributed by atoms with Gasteiger partial charge in [0.05, 0.1) is 11.2 Å². The summed E-state index contributed by atoms with van der Waals surface area (Å²) >= 11 is 6.04. The minimum atomic E-state index is 0.143. The lowest BCUT2D eigenvalue weighted by molar-refractivity contribution is 0.0960. The van der Waals surface area contributed by atoms with Crippen LogP contribution < -0.4 is 0 Å². The van der Waals surface area contributed by atoms with Gasteiger partial charge in [-0.1, -0.05) is 43.7 Å². The molecule has 0 spiro atoms. The first-order valence-corrected chi connectivity index (χ1v) is 7.34. The van der Waals surface area contributed by atoms with Crippen LogP contribution in [0.25, 0.3) is 0 Å². The van der Waals surface area contributed by atoms with E-state index in [0.29, 0.717) is 23.7 Å². The van der Waals surface area contributed by atoms with Crippen molar-refractivity contribution in [1.29, 1.82) is 0 Å². The first-order valence-electron chi connectivity index (χ1n) is 6.97. The molecule has 0 atom stereocenters. The van der Waals surface area contributed by atoms with E-state index in [2.05, 4.69) is 5.10 Å². The summed E-state index contributed by atoms with van der Waals surface area (Å²) in [7, 11) is 0. The minimum absolute atomic E-state index is 0.143. The van der Waals surface area contributed by atoms with Gasteiger partial charge in [-0.15, -0.1) is 0 Å². The molecule has 1 aromatic rings. The molecular formula is C14H21ClN2O. The zero-order valence-corrected chi connectivity index (χ0v) is 11.7. The number of nitrogens with zero attached hydrogens (tertiary/aromatic N) is 2. The van der Waals surface area contributed by atoms with Gasteiger partial charge in [0.2, 0.25) is 0 Å². The van der Waals surface area contributed by atoms with Crippen LogP contribution in [-0.2, 0) is 6.54 Å². The van der Waals surface area contributed by atoms with Crippen molar-refractivity contribution in [1.82, 2.24) is 9.78 Å². The summed E-state index contributed by atoms with van der Waals surface area (Å²) in [5.41, 5.74) is 0.593. The summed E-state index contributed by atoms with van der Waals surface area (Å²) in [4.78, 5) is 12.2. The van der Waals surface area contributed by atoms with Crippen molar-refractivity contribution >= 4 is 17.4 Å². The van der Waals surface area contributed by atoms with Gasteiger partial charge in [0.25, 0.3) is 0 Å². The molecule has 1 aliphatic rings. The normalized spacial score (nSPS) is 17.0. The highest BCUT2D eigenvalue weighted by atomic mass is 35.5. The van der Waals surface area contributed by atoms with E-state index < -0.39 is 0 Å². The molecule has 0 aliphatic heterocycles. The summed E-state index contributed by atoms with van der Waals surface area (Å²) < 4.78 is 1.70. The van der Waals surface area contributed by atoms with Crippen molar-refractivity contribution in [3.8, 4) is 0 Å². The fourth-order valence-electron chi connectivity index (χ4n) is 2.81. The number of carbonyl (C=O) groups is 1. The smallest absolute Gasteiger partial charge is 0.182 e. The van der Waals surface area contributed by atoms with Crippen molar-refractivity contribution in [2.45, 2.75) is 58.4 Å². The summed E-state index contributed by atoms with van der Waals surface area (Å²) in [6.45, 7) is 2.67. The van der Waals surface area contributed by atoms with Crippen molar-refractivity contribution in [3.63, 3.8) is 0 Å². The number of Topliss-reactive ketones (excluding diaryl/α,β-unsaturated/α-hetero) is 1. The van der Waals surface area contributed by atoms with E-state index in [-0.39, 0.29) is 5.78 Å². The molecule has 1 heterocycles. The zero-order valence-electron chi connectivity index (χ0n) is 11.0. The number of rotatable bonds is 5. The molecular weight excluding hydrogens is 248 g/mol. The predicted molar refractivity (Wildman–Crippen MR) is 73.1 cm³/mol. The van der Waals surface area contributed by atoms with Crippen molar-refractivity contribution < 1.29 is 4.79 Å². The number of aryl methyl sites for hydroxylation is 1. The Hall–Kier alpha value is -0.830.